The second kappa shape index (κ2) is 7.17. The second-order valence-corrected chi connectivity index (χ2v) is 6.97. The summed E-state index contributed by atoms with van der Waals surface area (Å²) in [5.74, 6) is 0.428. The molecule has 0 aliphatic rings. The fourth-order valence-electron chi connectivity index (χ4n) is 1.75. The molecule has 19 heavy (non-hydrogen) atoms. The van der Waals surface area contributed by atoms with Crippen molar-refractivity contribution in [2.24, 2.45) is 5.92 Å². The van der Waals surface area contributed by atoms with Crippen LogP contribution in [0.4, 0.5) is 0 Å². The van der Waals surface area contributed by atoms with E-state index < -0.39 is 16.9 Å². The van der Waals surface area contributed by atoms with Crippen LogP contribution < -0.4 is 0 Å². The van der Waals surface area contributed by atoms with Crippen molar-refractivity contribution in [3.63, 3.8) is 0 Å². The Morgan fingerprint density at radius 3 is 2.32 bits per heavy atom. The van der Waals surface area contributed by atoms with E-state index in [0.29, 0.717) is 5.75 Å². The van der Waals surface area contributed by atoms with Crippen molar-refractivity contribution in [1.82, 2.24) is 4.90 Å². The van der Waals surface area contributed by atoms with Crippen molar-refractivity contribution in [2.45, 2.75) is 37.8 Å². The molecule has 3 atom stereocenters. The van der Waals surface area contributed by atoms with E-state index in [2.05, 4.69) is 11.8 Å². The lowest BCUT2D eigenvalue weighted by Crippen LogP contribution is -2.24. The molecule has 0 heterocycles. The van der Waals surface area contributed by atoms with E-state index in [0.717, 1.165) is 10.5 Å². The number of aliphatic hydroxyl groups is 1. The van der Waals surface area contributed by atoms with Gasteiger partial charge in [0.05, 0.1) is 22.7 Å². The van der Waals surface area contributed by atoms with Crippen LogP contribution in [0, 0.1) is 5.92 Å². The van der Waals surface area contributed by atoms with Gasteiger partial charge in [0.15, 0.2) is 0 Å². The van der Waals surface area contributed by atoms with Crippen molar-refractivity contribution in [2.75, 3.05) is 19.8 Å². The number of rotatable bonds is 6. The van der Waals surface area contributed by atoms with E-state index in [9.17, 15) is 9.32 Å². The van der Waals surface area contributed by atoms with Crippen LogP contribution in [0.25, 0.3) is 0 Å². The monoisotopic (exact) mass is 283 g/mol. The predicted molar refractivity (Wildman–Crippen MR) is 80.7 cm³/mol. The Bertz CT molecular complexity index is 432. The number of aliphatic hydroxyl groups excluding tert-OH is 1. The summed E-state index contributed by atoms with van der Waals surface area (Å²) in [6.45, 7) is 5.97. The molecule has 108 valence electrons. The van der Waals surface area contributed by atoms with Crippen LogP contribution >= 0.6 is 0 Å². The van der Waals surface area contributed by atoms with E-state index in [4.69, 9.17) is 0 Å². The molecule has 1 rings (SSSR count). The van der Waals surface area contributed by atoms with E-state index in [1.807, 2.05) is 52.2 Å². The van der Waals surface area contributed by atoms with E-state index in [1.54, 1.807) is 0 Å². The van der Waals surface area contributed by atoms with Gasteiger partial charge < -0.3 is 10.0 Å². The van der Waals surface area contributed by atoms with Crippen molar-refractivity contribution in [3.8, 4) is 0 Å². The summed E-state index contributed by atoms with van der Waals surface area (Å²) in [4.78, 5) is 2.93. The Balaban J connectivity index is 2.97. The van der Waals surface area contributed by atoms with Crippen LogP contribution in [0.2, 0.25) is 0 Å². The molecule has 4 heteroatoms. The molecule has 0 spiro atoms. The van der Waals surface area contributed by atoms with Gasteiger partial charge in [0, 0.05) is 10.9 Å². The summed E-state index contributed by atoms with van der Waals surface area (Å²) in [6, 6.07) is 7.99. The van der Waals surface area contributed by atoms with Crippen molar-refractivity contribution in [1.29, 1.82) is 0 Å². The number of benzene rings is 1. The SMILES string of the molecule is CC(C)[C@@H](O)CS(=O)c1ccccc1[C@@H](C)N(C)C. The fourth-order valence-corrected chi connectivity index (χ4v) is 3.35. The summed E-state index contributed by atoms with van der Waals surface area (Å²) >= 11 is 0. The molecule has 0 amide bonds. The average Bonchev–Trinajstić information content (AvgIpc) is 2.37. The zero-order chi connectivity index (χ0) is 14.6. The minimum absolute atomic E-state index is 0.127. The molecule has 3 nitrogen and oxygen atoms in total. The average molecular weight is 283 g/mol. The normalized spacial score (nSPS) is 16.6. The van der Waals surface area contributed by atoms with Crippen LogP contribution in [0.5, 0.6) is 0 Å². The molecule has 1 unspecified atom stereocenters. The number of hydrogen-bond donors (Lipinski definition) is 1. The van der Waals surface area contributed by atoms with Gasteiger partial charge in [-0.25, -0.2) is 0 Å². The third-order valence-corrected chi connectivity index (χ3v) is 4.99. The molecule has 0 bridgehead atoms. The molecule has 0 aliphatic carbocycles. The van der Waals surface area contributed by atoms with Crippen LogP contribution in [0.1, 0.15) is 32.4 Å². The molecule has 0 aromatic heterocycles. The van der Waals surface area contributed by atoms with E-state index in [1.165, 1.54) is 0 Å². The molecule has 0 fully saturated rings. The van der Waals surface area contributed by atoms with Crippen LogP contribution in [-0.2, 0) is 10.8 Å². The lowest BCUT2D eigenvalue weighted by atomic mass is 10.1. The molecule has 0 aliphatic heterocycles. The Labute approximate surface area is 119 Å². The first-order valence-corrected chi connectivity index (χ1v) is 7.98. The van der Waals surface area contributed by atoms with Gasteiger partial charge in [-0.2, -0.15) is 0 Å². The van der Waals surface area contributed by atoms with Crippen LogP contribution in [0.3, 0.4) is 0 Å². The van der Waals surface area contributed by atoms with Gasteiger partial charge in [0.25, 0.3) is 0 Å². The first-order chi connectivity index (χ1) is 8.84. The highest BCUT2D eigenvalue weighted by Gasteiger charge is 2.19. The Morgan fingerprint density at radius 2 is 1.79 bits per heavy atom. The largest absolute Gasteiger partial charge is 0.392 e. The van der Waals surface area contributed by atoms with Gasteiger partial charge in [-0.05, 0) is 38.6 Å². The molecular weight excluding hydrogens is 258 g/mol. The molecular formula is C15H25NO2S. The van der Waals surface area contributed by atoms with Gasteiger partial charge in [-0.1, -0.05) is 32.0 Å². The lowest BCUT2D eigenvalue weighted by Gasteiger charge is -2.23. The quantitative estimate of drug-likeness (QED) is 0.872. The van der Waals surface area contributed by atoms with Gasteiger partial charge in [-0.3, -0.25) is 4.21 Å². The standard InChI is InChI=1S/C15H25NO2S/c1-11(2)14(17)10-19(18)15-9-7-6-8-13(15)12(3)16(4)5/h6-9,11-12,14,17H,10H2,1-5H3/t12-,14+,19?/m1/s1. The van der Waals surface area contributed by atoms with Crippen molar-refractivity contribution >= 4 is 10.8 Å². The summed E-state index contributed by atoms with van der Waals surface area (Å²) in [5.41, 5.74) is 1.07. The summed E-state index contributed by atoms with van der Waals surface area (Å²) in [7, 11) is 2.86. The zero-order valence-corrected chi connectivity index (χ0v) is 13.3. The zero-order valence-electron chi connectivity index (χ0n) is 12.5. The maximum atomic E-state index is 12.4. The Kier molecular flexibility index (Phi) is 6.17. The minimum Gasteiger partial charge on any atom is -0.392 e. The van der Waals surface area contributed by atoms with E-state index in [-0.39, 0.29) is 12.0 Å². The van der Waals surface area contributed by atoms with Crippen LogP contribution in [-0.4, -0.2) is 40.2 Å². The van der Waals surface area contributed by atoms with E-state index >= 15 is 0 Å². The third-order valence-electron chi connectivity index (χ3n) is 3.48. The highest BCUT2D eigenvalue weighted by Crippen LogP contribution is 2.25. The molecule has 0 saturated carbocycles. The van der Waals surface area contributed by atoms with Gasteiger partial charge in [-0.15, -0.1) is 0 Å². The smallest absolute Gasteiger partial charge is 0.0681 e. The molecule has 1 aromatic carbocycles. The Hall–Kier alpha value is -0.710. The maximum absolute atomic E-state index is 12.4. The fraction of sp³-hybridized carbons (Fsp3) is 0.600. The number of hydrogen-bond acceptors (Lipinski definition) is 3. The van der Waals surface area contributed by atoms with Crippen LogP contribution in [0.15, 0.2) is 29.2 Å². The van der Waals surface area contributed by atoms with Gasteiger partial charge in [0.1, 0.15) is 0 Å². The Morgan fingerprint density at radius 1 is 1.21 bits per heavy atom. The molecule has 1 aromatic rings. The molecule has 0 saturated heterocycles. The first-order valence-electron chi connectivity index (χ1n) is 6.66. The maximum Gasteiger partial charge on any atom is 0.0681 e. The highest BCUT2D eigenvalue weighted by molar-refractivity contribution is 7.85. The topological polar surface area (TPSA) is 40.5 Å². The first kappa shape index (κ1) is 16.3. The second-order valence-electron chi connectivity index (χ2n) is 5.50. The van der Waals surface area contributed by atoms with Crippen molar-refractivity contribution < 1.29 is 9.32 Å². The summed E-state index contributed by atoms with van der Waals surface area (Å²) < 4.78 is 12.4. The number of nitrogens with zero attached hydrogens (tertiary/aromatic N) is 1. The van der Waals surface area contributed by atoms with Gasteiger partial charge >= 0.3 is 0 Å². The summed E-state index contributed by atoms with van der Waals surface area (Å²) in [5, 5.41) is 9.89. The lowest BCUT2D eigenvalue weighted by molar-refractivity contribution is 0.148. The molecule has 1 N–H and O–H groups in total. The summed E-state index contributed by atoms with van der Waals surface area (Å²) in [6.07, 6.45) is -0.524. The predicted octanol–water partition coefficient (Wildman–Crippen LogP) is 2.43. The van der Waals surface area contributed by atoms with Crippen molar-refractivity contribution in [3.05, 3.63) is 29.8 Å². The highest BCUT2D eigenvalue weighted by atomic mass is 32.2. The third kappa shape index (κ3) is 4.41. The minimum atomic E-state index is -1.16. The van der Waals surface area contributed by atoms with Gasteiger partial charge in [0.2, 0.25) is 0 Å². The molecule has 0 radical (unpaired) electrons.